The number of aliphatic hydroxyl groups is 1. The SMILES string of the molecule is N#C[C@@H](c1ccc(Cl)c(Cl)c1)[C@H](CCO)c1cncs1. The molecule has 6 heteroatoms. The van der Waals surface area contributed by atoms with Gasteiger partial charge in [-0.15, -0.1) is 11.3 Å². The summed E-state index contributed by atoms with van der Waals surface area (Å²) in [6, 6.07) is 7.50. The van der Waals surface area contributed by atoms with Crippen molar-refractivity contribution in [2.24, 2.45) is 0 Å². The van der Waals surface area contributed by atoms with Gasteiger partial charge in [0, 0.05) is 23.6 Å². The third-order valence-corrected chi connectivity index (χ3v) is 4.75. The zero-order valence-corrected chi connectivity index (χ0v) is 12.8. The highest BCUT2D eigenvalue weighted by Crippen LogP contribution is 2.38. The highest BCUT2D eigenvalue weighted by molar-refractivity contribution is 7.09. The Morgan fingerprint density at radius 2 is 2.15 bits per heavy atom. The molecule has 0 fully saturated rings. The van der Waals surface area contributed by atoms with Gasteiger partial charge in [-0.3, -0.25) is 4.98 Å². The lowest BCUT2D eigenvalue weighted by atomic mass is 9.84. The van der Waals surface area contributed by atoms with Crippen molar-refractivity contribution in [3.63, 3.8) is 0 Å². The van der Waals surface area contributed by atoms with Crippen molar-refractivity contribution < 1.29 is 5.11 Å². The molecule has 1 aromatic carbocycles. The second-order valence-corrected chi connectivity index (χ2v) is 6.04. The molecule has 2 rings (SSSR count). The molecule has 1 heterocycles. The Hall–Kier alpha value is -1.12. The van der Waals surface area contributed by atoms with Crippen LogP contribution < -0.4 is 0 Å². The molecule has 2 aromatic rings. The molecule has 0 unspecified atom stereocenters. The molecule has 2 atom stereocenters. The first kappa shape index (κ1) is 15.3. The van der Waals surface area contributed by atoms with E-state index in [1.54, 1.807) is 29.9 Å². The molecule has 20 heavy (non-hydrogen) atoms. The lowest BCUT2D eigenvalue weighted by Gasteiger charge is -2.20. The summed E-state index contributed by atoms with van der Waals surface area (Å²) >= 11 is 13.4. The van der Waals surface area contributed by atoms with Gasteiger partial charge in [-0.25, -0.2) is 0 Å². The molecular formula is C14H12Cl2N2OS. The largest absolute Gasteiger partial charge is 0.396 e. The summed E-state index contributed by atoms with van der Waals surface area (Å²) in [5.74, 6) is -0.493. The highest BCUT2D eigenvalue weighted by atomic mass is 35.5. The van der Waals surface area contributed by atoms with Crippen molar-refractivity contribution in [2.45, 2.75) is 18.3 Å². The molecule has 0 radical (unpaired) electrons. The van der Waals surface area contributed by atoms with E-state index in [2.05, 4.69) is 11.1 Å². The van der Waals surface area contributed by atoms with Crippen LogP contribution in [0.25, 0.3) is 0 Å². The molecule has 0 amide bonds. The maximum absolute atomic E-state index is 9.51. The molecule has 3 nitrogen and oxygen atoms in total. The van der Waals surface area contributed by atoms with E-state index in [0.717, 1.165) is 10.4 Å². The first-order chi connectivity index (χ1) is 9.67. The quantitative estimate of drug-likeness (QED) is 0.894. The van der Waals surface area contributed by atoms with E-state index in [1.807, 2.05) is 0 Å². The fourth-order valence-corrected chi connectivity index (χ4v) is 3.22. The van der Waals surface area contributed by atoms with E-state index in [0.29, 0.717) is 16.5 Å². The van der Waals surface area contributed by atoms with Crippen LogP contribution in [0.15, 0.2) is 29.9 Å². The number of rotatable bonds is 5. The topological polar surface area (TPSA) is 56.9 Å². The molecule has 0 aliphatic rings. The van der Waals surface area contributed by atoms with Gasteiger partial charge in [0.25, 0.3) is 0 Å². The monoisotopic (exact) mass is 326 g/mol. The second kappa shape index (κ2) is 7.05. The van der Waals surface area contributed by atoms with Crippen LogP contribution in [0.5, 0.6) is 0 Å². The van der Waals surface area contributed by atoms with Crippen LogP contribution in [-0.4, -0.2) is 16.7 Å². The average Bonchev–Trinajstić information content (AvgIpc) is 2.96. The van der Waals surface area contributed by atoms with Crippen LogP contribution >= 0.6 is 34.5 Å². The van der Waals surface area contributed by atoms with Gasteiger partial charge in [0.05, 0.1) is 27.5 Å². The standard InChI is InChI=1S/C14H12Cl2N2OS/c15-12-2-1-9(5-13(12)16)11(6-17)10(3-4-19)14-7-18-8-20-14/h1-2,5,7-8,10-11,19H,3-4H2/t10-,11-/m0/s1. The van der Waals surface area contributed by atoms with Crippen molar-refractivity contribution in [3.05, 3.63) is 50.4 Å². The van der Waals surface area contributed by atoms with E-state index in [9.17, 15) is 10.4 Å². The molecule has 0 aliphatic heterocycles. The Morgan fingerprint density at radius 1 is 1.35 bits per heavy atom. The number of halogens is 2. The lowest BCUT2D eigenvalue weighted by Crippen LogP contribution is -2.10. The van der Waals surface area contributed by atoms with Crippen LogP contribution in [-0.2, 0) is 0 Å². The summed E-state index contributed by atoms with van der Waals surface area (Å²) in [6.45, 7) is 0.0159. The first-order valence-corrected chi connectivity index (χ1v) is 7.64. The van der Waals surface area contributed by atoms with Crippen LogP contribution in [0.2, 0.25) is 10.0 Å². The zero-order chi connectivity index (χ0) is 14.5. The number of thiazole rings is 1. The fraction of sp³-hybridized carbons (Fsp3) is 0.286. The molecule has 0 aliphatic carbocycles. The van der Waals surface area contributed by atoms with E-state index in [4.69, 9.17) is 23.2 Å². The van der Waals surface area contributed by atoms with E-state index < -0.39 is 5.92 Å². The van der Waals surface area contributed by atoms with Gasteiger partial charge in [-0.2, -0.15) is 5.26 Å². The molecule has 0 bridgehead atoms. The van der Waals surface area contributed by atoms with Crippen molar-refractivity contribution >= 4 is 34.5 Å². The van der Waals surface area contributed by atoms with E-state index in [-0.39, 0.29) is 12.5 Å². The minimum atomic E-state index is -0.391. The van der Waals surface area contributed by atoms with Gasteiger partial charge < -0.3 is 5.11 Å². The summed E-state index contributed by atoms with van der Waals surface area (Å²) < 4.78 is 0. The fourth-order valence-electron chi connectivity index (χ4n) is 2.12. The lowest BCUT2D eigenvalue weighted by molar-refractivity contribution is 0.273. The molecule has 1 N–H and O–H groups in total. The summed E-state index contributed by atoms with van der Waals surface area (Å²) in [6.07, 6.45) is 2.24. The maximum Gasteiger partial charge on any atom is 0.0794 e. The molecule has 0 saturated heterocycles. The summed E-state index contributed by atoms with van der Waals surface area (Å²) in [4.78, 5) is 5.03. The Morgan fingerprint density at radius 3 is 2.70 bits per heavy atom. The third-order valence-electron chi connectivity index (χ3n) is 3.10. The predicted octanol–water partition coefficient (Wildman–Crippen LogP) is 4.22. The number of aliphatic hydroxyl groups excluding tert-OH is 1. The number of hydrogen-bond donors (Lipinski definition) is 1. The van der Waals surface area contributed by atoms with Crippen LogP contribution in [0.4, 0.5) is 0 Å². The third kappa shape index (κ3) is 3.31. The number of benzene rings is 1. The van der Waals surface area contributed by atoms with Crippen LogP contribution in [0, 0.1) is 11.3 Å². The van der Waals surface area contributed by atoms with E-state index >= 15 is 0 Å². The van der Waals surface area contributed by atoms with E-state index in [1.165, 1.54) is 11.3 Å². The number of hydrogen-bond acceptors (Lipinski definition) is 4. The molecule has 0 saturated carbocycles. The van der Waals surface area contributed by atoms with Gasteiger partial charge in [0.15, 0.2) is 0 Å². The number of nitrogens with zero attached hydrogens (tertiary/aromatic N) is 2. The van der Waals surface area contributed by atoms with Crippen LogP contribution in [0.1, 0.15) is 28.7 Å². The van der Waals surface area contributed by atoms with Gasteiger partial charge in [0.2, 0.25) is 0 Å². The molecule has 0 spiro atoms. The Labute approximate surface area is 131 Å². The van der Waals surface area contributed by atoms with Crippen molar-refractivity contribution in [3.8, 4) is 6.07 Å². The summed E-state index contributed by atoms with van der Waals surface area (Å²) in [5.41, 5.74) is 2.52. The number of aromatic nitrogens is 1. The highest BCUT2D eigenvalue weighted by Gasteiger charge is 2.26. The van der Waals surface area contributed by atoms with Gasteiger partial charge in [-0.1, -0.05) is 29.3 Å². The average molecular weight is 327 g/mol. The Kier molecular flexibility index (Phi) is 5.38. The minimum absolute atomic E-state index is 0.0159. The smallest absolute Gasteiger partial charge is 0.0794 e. The first-order valence-electron chi connectivity index (χ1n) is 6.01. The molecular weight excluding hydrogens is 315 g/mol. The number of nitriles is 1. The zero-order valence-electron chi connectivity index (χ0n) is 10.5. The van der Waals surface area contributed by atoms with Crippen LogP contribution in [0.3, 0.4) is 0 Å². The summed E-state index contributed by atoms with van der Waals surface area (Å²) in [7, 11) is 0. The molecule has 104 valence electrons. The van der Waals surface area contributed by atoms with Gasteiger partial charge in [-0.05, 0) is 24.1 Å². The minimum Gasteiger partial charge on any atom is -0.396 e. The normalized spacial score (nSPS) is 13.7. The van der Waals surface area contributed by atoms with Gasteiger partial charge >= 0.3 is 0 Å². The predicted molar refractivity (Wildman–Crippen MR) is 81.4 cm³/mol. The summed E-state index contributed by atoms with van der Waals surface area (Å²) in [5, 5.41) is 19.7. The molecule has 1 aromatic heterocycles. The Bertz CT molecular complexity index is 610. The maximum atomic E-state index is 9.51. The Balaban J connectivity index is 2.38. The van der Waals surface area contributed by atoms with Gasteiger partial charge in [0.1, 0.15) is 0 Å². The second-order valence-electron chi connectivity index (χ2n) is 4.30. The van der Waals surface area contributed by atoms with Crippen molar-refractivity contribution in [2.75, 3.05) is 6.61 Å². The van der Waals surface area contributed by atoms with Crippen molar-refractivity contribution in [1.29, 1.82) is 5.26 Å². The van der Waals surface area contributed by atoms with Crippen molar-refractivity contribution in [1.82, 2.24) is 4.98 Å².